The standard InChI is InChI=1S/C12H20N2O.ClH/c1-10-5-6-12(15-10)9-13-8-11-4-3-7-14(11)2;/h5-6,11,13H,3-4,7-9H2,1-2H3;1H. The third-order valence-corrected chi connectivity index (χ3v) is 3.15. The molecule has 0 amide bonds. The maximum atomic E-state index is 5.50. The van der Waals surface area contributed by atoms with Gasteiger partial charge in [-0.15, -0.1) is 12.4 Å². The second-order valence-electron chi connectivity index (χ2n) is 4.42. The van der Waals surface area contributed by atoms with Crippen molar-refractivity contribution >= 4 is 12.4 Å². The zero-order chi connectivity index (χ0) is 10.7. The molecule has 0 spiro atoms. The fourth-order valence-corrected chi connectivity index (χ4v) is 2.18. The summed E-state index contributed by atoms with van der Waals surface area (Å²) < 4.78 is 5.50. The predicted octanol–water partition coefficient (Wildman–Crippen LogP) is 2.19. The number of hydrogen-bond donors (Lipinski definition) is 1. The van der Waals surface area contributed by atoms with E-state index in [1.807, 2.05) is 19.1 Å². The van der Waals surface area contributed by atoms with Crippen molar-refractivity contribution in [1.29, 1.82) is 0 Å². The summed E-state index contributed by atoms with van der Waals surface area (Å²) >= 11 is 0. The predicted molar refractivity (Wildman–Crippen MR) is 68.1 cm³/mol. The number of likely N-dealkylation sites (tertiary alicyclic amines) is 1. The maximum Gasteiger partial charge on any atom is 0.117 e. The molecule has 1 atom stereocenters. The van der Waals surface area contributed by atoms with Gasteiger partial charge in [0.2, 0.25) is 0 Å². The summed E-state index contributed by atoms with van der Waals surface area (Å²) in [7, 11) is 2.20. The molecule has 0 aliphatic carbocycles. The normalized spacial score (nSPS) is 21.0. The molecule has 3 nitrogen and oxygen atoms in total. The molecule has 0 bridgehead atoms. The lowest BCUT2D eigenvalue weighted by molar-refractivity contribution is 0.297. The van der Waals surface area contributed by atoms with Crippen molar-refractivity contribution in [2.45, 2.75) is 32.4 Å². The van der Waals surface area contributed by atoms with Crippen molar-refractivity contribution in [3.8, 4) is 0 Å². The molecule has 2 heterocycles. The summed E-state index contributed by atoms with van der Waals surface area (Å²) in [6, 6.07) is 4.76. The van der Waals surface area contributed by atoms with E-state index in [4.69, 9.17) is 4.42 Å². The molecule has 1 fully saturated rings. The first kappa shape index (κ1) is 13.6. The average Bonchev–Trinajstić information content (AvgIpc) is 2.77. The summed E-state index contributed by atoms with van der Waals surface area (Å²) in [4.78, 5) is 2.43. The average molecular weight is 245 g/mol. The first-order valence-corrected chi connectivity index (χ1v) is 5.72. The van der Waals surface area contributed by atoms with E-state index in [0.717, 1.165) is 24.6 Å². The van der Waals surface area contributed by atoms with Crippen LogP contribution >= 0.6 is 12.4 Å². The Morgan fingerprint density at radius 1 is 1.50 bits per heavy atom. The number of nitrogens with zero attached hydrogens (tertiary/aromatic N) is 1. The van der Waals surface area contributed by atoms with Gasteiger partial charge in [-0.25, -0.2) is 0 Å². The van der Waals surface area contributed by atoms with E-state index in [1.165, 1.54) is 19.4 Å². The van der Waals surface area contributed by atoms with E-state index in [-0.39, 0.29) is 12.4 Å². The van der Waals surface area contributed by atoms with Crippen molar-refractivity contribution in [2.24, 2.45) is 0 Å². The first-order valence-electron chi connectivity index (χ1n) is 5.72. The van der Waals surface area contributed by atoms with Gasteiger partial charge < -0.3 is 14.6 Å². The molecule has 1 unspecified atom stereocenters. The number of nitrogens with one attached hydrogen (secondary N) is 1. The summed E-state index contributed by atoms with van der Waals surface area (Å²) in [6.45, 7) is 5.13. The minimum atomic E-state index is 0. The Balaban J connectivity index is 0.00000128. The fraction of sp³-hybridized carbons (Fsp3) is 0.667. The van der Waals surface area contributed by atoms with E-state index < -0.39 is 0 Å². The quantitative estimate of drug-likeness (QED) is 0.880. The van der Waals surface area contributed by atoms with Crippen LogP contribution in [-0.4, -0.2) is 31.1 Å². The lowest BCUT2D eigenvalue weighted by Crippen LogP contribution is -2.35. The molecule has 0 radical (unpaired) electrons. The molecular weight excluding hydrogens is 224 g/mol. The molecule has 1 aromatic heterocycles. The smallest absolute Gasteiger partial charge is 0.117 e. The van der Waals surface area contributed by atoms with Crippen LogP contribution in [0.3, 0.4) is 0 Å². The van der Waals surface area contributed by atoms with Crippen LogP contribution in [-0.2, 0) is 6.54 Å². The Morgan fingerprint density at radius 2 is 2.31 bits per heavy atom. The van der Waals surface area contributed by atoms with E-state index >= 15 is 0 Å². The Bertz CT molecular complexity index is 314. The van der Waals surface area contributed by atoms with Crippen LogP contribution in [0.1, 0.15) is 24.4 Å². The molecule has 2 rings (SSSR count). The van der Waals surface area contributed by atoms with E-state index in [1.54, 1.807) is 0 Å². The van der Waals surface area contributed by atoms with Crippen molar-refractivity contribution in [1.82, 2.24) is 10.2 Å². The van der Waals surface area contributed by atoms with Gasteiger partial charge in [0, 0.05) is 12.6 Å². The fourth-order valence-electron chi connectivity index (χ4n) is 2.18. The van der Waals surface area contributed by atoms with Crippen LogP contribution in [0.2, 0.25) is 0 Å². The number of furan rings is 1. The van der Waals surface area contributed by atoms with E-state index in [9.17, 15) is 0 Å². The number of aryl methyl sites for hydroxylation is 1. The van der Waals surface area contributed by atoms with Gasteiger partial charge in [-0.1, -0.05) is 0 Å². The van der Waals surface area contributed by atoms with E-state index in [2.05, 4.69) is 17.3 Å². The molecule has 0 saturated carbocycles. The van der Waals surface area contributed by atoms with Gasteiger partial charge in [0.05, 0.1) is 6.54 Å². The van der Waals surface area contributed by atoms with Gasteiger partial charge in [-0.2, -0.15) is 0 Å². The van der Waals surface area contributed by atoms with Crippen LogP contribution in [0.4, 0.5) is 0 Å². The van der Waals surface area contributed by atoms with Crippen molar-refractivity contribution in [3.05, 3.63) is 23.7 Å². The van der Waals surface area contributed by atoms with Crippen LogP contribution in [0.25, 0.3) is 0 Å². The zero-order valence-electron chi connectivity index (χ0n) is 10.0. The minimum Gasteiger partial charge on any atom is -0.465 e. The van der Waals surface area contributed by atoms with Crippen molar-refractivity contribution in [3.63, 3.8) is 0 Å². The van der Waals surface area contributed by atoms with Gasteiger partial charge >= 0.3 is 0 Å². The lowest BCUT2D eigenvalue weighted by Gasteiger charge is -2.19. The Labute approximate surface area is 104 Å². The van der Waals surface area contributed by atoms with E-state index in [0.29, 0.717) is 6.04 Å². The molecule has 92 valence electrons. The topological polar surface area (TPSA) is 28.4 Å². The molecule has 4 heteroatoms. The number of halogens is 1. The Morgan fingerprint density at radius 3 is 2.88 bits per heavy atom. The first-order chi connectivity index (χ1) is 7.25. The van der Waals surface area contributed by atoms with Gasteiger partial charge in [0.1, 0.15) is 11.5 Å². The summed E-state index contributed by atoms with van der Waals surface area (Å²) in [5.41, 5.74) is 0. The Hall–Kier alpha value is -0.510. The maximum absolute atomic E-state index is 5.50. The second kappa shape index (κ2) is 6.28. The van der Waals surface area contributed by atoms with Crippen molar-refractivity contribution < 1.29 is 4.42 Å². The minimum absolute atomic E-state index is 0. The highest BCUT2D eigenvalue weighted by atomic mass is 35.5. The highest BCUT2D eigenvalue weighted by Crippen LogP contribution is 2.13. The number of likely N-dealkylation sites (N-methyl/N-ethyl adjacent to an activating group) is 1. The second-order valence-corrected chi connectivity index (χ2v) is 4.42. The third kappa shape index (κ3) is 3.51. The lowest BCUT2D eigenvalue weighted by atomic mass is 10.2. The summed E-state index contributed by atoms with van der Waals surface area (Å²) in [6.07, 6.45) is 2.66. The molecule has 1 aliphatic rings. The van der Waals surface area contributed by atoms with Gasteiger partial charge in [0.25, 0.3) is 0 Å². The third-order valence-electron chi connectivity index (χ3n) is 3.15. The van der Waals surface area contributed by atoms with Gasteiger partial charge in [-0.05, 0) is 45.5 Å². The molecule has 0 aromatic carbocycles. The number of rotatable bonds is 4. The summed E-state index contributed by atoms with van der Waals surface area (Å²) in [5.74, 6) is 2.03. The summed E-state index contributed by atoms with van der Waals surface area (Å²) in [5, 5.41) is 3.45. The molecule has 1 aliphatic heterocycles. The highest BCUT2D eigenvalue weighted by molar-refractivity contribution is 5.85. The molecule has 1 N–H and O–H groups in total. The monoisotopic (exact) mass is 244 g/mol. The largest absolute Gasteiger partial charge is 0.465 e. The molecular formula is C12H21ClN2O. The molecule has 1 aromatic rings. The van der Waals surface area contributed by atoms with Gasteiger partial charge in [-0.3, -0.25) is 0 Å². The molecule has 16 heavy (non-hydrogen) atoms. The highest BCUT2D eigenvalue weighted by Gasteiger charge is 2.19. The SMILES string of the molecule is Cc1ccc(CNCC2CCCN2C)o1.Cl. The Kier molecular flexibility index (Phi) is 5.32. The van der Waals surface area contributed by atoms with Crippen LogP contribution in [0, 0.1) is 6.92 Å². The van der Waals surface area contributed by atoms with Crippen LogP contribution in [0.15, 0.2) is 16.5 Å². The zero-order valence-corrected chi connectivity index (χ0v) is 10.8. The number of hydrogen-bond acceptors (Lipinski definition) is 3. The van der Waals surface area contributed by atoms with Crippen LogP contribution < -0.4 is 5.32 Å². The van der Waals surface area contributed by atoms with Gasteiger partial charge in [0.15, 0.2) is 0 Å². The molecule has 1 saturated heterocycles. The van der Waals surface area contributed by atoms with Crippen LogP contribution in [0.5, 0.6) is 0 Å². The van der Waals surface area contributed by atoms with Crippen molar-refractivity contribution in [2.75, 3.05) is 20.1 Å².